The summed E-state index contributed by atoms with van der Waals surface area (Å²) < 4.78 is 5.24. The summed E-state index contributed by atoms with van der Waals surface area (Å²) in [5, 5.41) is 11.1. The molecule has 4 rings (SSSR count). The SMILES string of the molecule is COc1cc2c(N3CCN(C4CCCC4)CC3)nc(Cl)nc2cc1O. The van der Waals surface area contributed by atoms with Gasteiger partial charge in [-0.2, -0.15) is 4.98 Å². The highest BCUT2D eigenvalue weighted by Crippen LogP contribution is 2.35. The van der Waals surface area contributed by atoms with Crippen LogP contribution in [-0.4, -0.2) is 59.3 Å². The Morgan fingerprint density at radius 1 is 1.12 bits per heavy atom. The summed E-state index contributed by atoms with van der Waals surface area (Å²) in [7, 11) is 1.54. The summed E-state index contributed by atoms with van der Waals surface area (Å²) in [5.74, 6) is 1.30. The molecule has 2 fully saturated rings. The minimum atomic E-state index is 0.0572. The lowest BCUT2D eigenvalue weighted by Gasteiger charge is -2.38. The summed E-state index contributed by atoms with van der Waals surface area (Å²) in [6, 6.07) is 4.13. The third kappa shape index (κ3) is 3.20. The van der Waals surface area contributed by atoms with Crippen LogP contribution in [-0.2, 0) is 0 Å². The van der Waals surface area contributed by atoms with Gasteiger partial charge in [0.25, 0.3) is 0 Å². The normalized spacial score (nSPS) is 19.7. The summed E-state index contributed by atoms with van der Waals surface area (Å²) in [6.45, 7) is 3.93. The van der Waals surface area contributed by atoms with Crippen LogP contribution in [0.2, 0.25) is 5.28 Å². The third-order valence-electron chi connectivity index (χ3n) is 5.40. The van der Waals surface area contributed by atoms with Crippen molar-refractivity contribution in [3.63, 3.8) is 0 Å². The quantitative estimate of drug-likeness (QED) is 0.847. The van der Waals surface area contributed by atoms with Gasteiger partial charge in [-0.3, -0.25) is 4.90 Å². The first kappa shape index (κ1) is 16.7. The Balaban J connectivity index is 1.62. The van der Waals surface area contributed by atoms with Gasteiger partial charge in [0.1, 0.15) is 5.82 Å². The van der Waals surface area contributed by atoms with Gasteiger partial charge in [-0.15, -0.1) is 0 Å². The van der Waals surface area contributed by atoms with Crippen molar-refractivity contribution in [3.8, 4) is 11.5 Å². The molecule has 0 atom stereocenters. The van der Waals surface area contributed by atoms with Gasteiger partial charge in [-0.25, -0.2) is 4.98 Å². The van der Waals surface area contributed by atoms with E-state index in [0.29, 0.717) is 11.3 Å². The zero-order chi connectivity index (χ0) is 17.4. The Kier molecular flexibility index (Phi) is 4.56. The maximum Gasteiger partial charge on any atom is 0.224 e. The minimum absolute atomic E-state index is 0.0572. The molecular formula is C18H23ClN4O2. The largest absolute Gasteiger partial charge is 0.504 e. The lowest BCUT2D eigenvalue weighted by molar-refractivity contribution is 0.187. The molecule has 2 aliphatic rings. The standard InChI is InChI=1S/C18H23ClN4O2/c1-25-16-10-13-14(11-15(16)24)20-18(19)21-17(13)23-8-6-22(7-9-23)12-4-2-3-5-12/h10-12,24H,2-9H2,1H3. The van der Waals surface area contributed by atoms with Crippen LogP contribution in [0.1, 0.15) is 25.7 Å². The summed E-state index contributed by atoms with van der Waals surface area (Å²) in [6.07, 6.45) is 5.39. The smallest absolute Gasteiger partial charge is 0.224 e. The van der Waals surface area contributed by atoms with Crippen molar-refractivity contribution in [2.45, 2.75) is 31.7 Å². The Hall–Kier alpha value is -1.79. The average Bonchev–Trinajstić information content (AvgIpc) is 3.15. The second kappa shape index (κ2) is 6.84. The van der Waals surface area contributed by atoms with Crippen LogP contribution in [0.5, 0.6) is 11.5 Å². The van der Waals surface area contributed by atoms with E-state index in [9.17, 15) is 5.11 Å². The van der Waals surface area contributed by atoms with Gasteiger partial charge in [0, 0.05) is 43.7 Å². The molecule has 1 aliphatic carbocycles. The Labute approximate surface area is 152 Å². The Morgan fingerprint density at radius 2 is 1.84 bits per heavy atom. The Bertz CT molecular complexity index is 771. The van der Waals surface area contributed by atoms with Crippen molar-refractivity contribution in [2.24, 2.45) is 0 Å². The molecule has 0 unspecified atom stereocenters. The summed E-state index contributed by atoms with van der Waals surface area (Å²) in [5.41, 5.74) is 0.631. The number of fused-ring (bicyclic) bond motifs is 1. The maximum atomic E-state index is 10.0. The molecule has 1 saturated carbocycles. The maximum absolute atomic E-state index is 10.0. The topological polar surface area (TPSA) is 61.7 Å². The van der Waals surface area contributed by atoms with E-state index in [4.69, 9.17) is 16.3 Å². The fourth-order valence-electron chi connectivity index (χ4n) is 4.07. The molecule has 0 spiro atoms. The first-order valence-corrected chi connectivity index (χ1v) is 9.27. The second-order valence-corrected chi connectivity index (χ2v) is 7.16. The zero-order valence-corrected chi connectivity index (χ0v) is 15.2. The molecule has 2 aromatic rings. The van der Waals surface area contributed by atoms with E-state index >= 15 is 0 Å². The van der Waals surface area contributed by atoms with Gasteiger partial charge in [0.05, 0.1) is 12.6 Å². The predicted molar refractivity (Wildman–Crippen MR) is 98.8 cm³/mol. The minimum Gasteiger partial charge on any atom is -0.504 e. The summed E-state index contributed by atoms with van der Waals surface area (Å²) >= 11 is 6.13. The molecule has 1 aromatic heterocycles. The highest BCUT2D eigenvalue weighted by atomic mass is 35.5. The van der Waals surface area contributed by atoms with Crippen LogP contribution < -0.4 is 9.64 Å². The van der Waals surface area contributed by atoms with Crippen LogP contribution in [0.4, 0.5) is 5.82 Å². The molecule has 0 bridgehead atoms. The number of aromatic nitrogens is 2. The van der Waals surface area contributed by atoms with Crippen molar-refractivity contribution in [1.29, 1.82) is 0 Å². The monoisotopic (exact) mass is 362 g/mol. The number of nitrogens with zero attached hydrogens (tertiary/aromatic N) is 4. The second-order valence-electron chi connectivity index (χ2n) is 6.82. The van der Waals surface area contributed by atoms with E-state index in [-0.39, 0.29) is 11.0 Å². The highest BCUT2D eigenvalue weighted by Gasteiger charge is 2.27. The number of phenols is 1. The first-order chi connectivity index (χ1) is 12.2. The average molecular weight is 363 g/mol. The number of anilines is 1. The predicted octanol–water partition coefficient (Wildman–Crippen LogP) is 3.06. The molecule has 1 N–H and O–H groups in total. The molecule has 1 aliphatic heterocycles. The number of benzene rings is 1. The zero-order valence-electron chi connectivity index (χ0n) is 14.4. The number of ether oxygens (including phenoxy) is 1. The van der Waals surface area contributed by atoms with E-state index in [0.717, 1.165) is 43.4 Å². The van der Waals surface area contributed by atoms with Crippen molar-refractivity contribution >= 4 is 28.3 Å². The molecule has 1 saturated heterocycles. The van der Waals surface area contributed by atoms with Crippen LogP contribution >= 0.6 is 11.6 Å². The van der Waals surface area contributed by atoms with Crippen molar-refractivity contribution in [3.05, 3.63) is 17.4 Å². The number of aromatic hydroxyl groups is 1. The van der Waals surface area contributed by atoms with Crippen molar-refractivity contribution in [2.75, 3.05) is 38.2 Å². The van der Waals surface area contributed by atoms with Crippen LogP contribution in [0.3, 0.4) is 0 Å². The first-order valence-electron chi connectivity index (χ1n) is 8.89. The van der Waals surface area contributed by atoms with E-state index in [2.05, 4.69) is 19.8 Å². The van der Waals surface area contributed by atoms with Crippen molar-refractivity contribution in [1.82, 2.24) is 14.9 Å². The van der Waals surface area contributed by atoms with Gasteiger partial charge < -0.3 is 14.7 Å². The van der Waals surface area contributed by atoms with Crippen LogP contribution in [0.15, 0.2) is 12.1 Å². The molecule has 6 nitrogen and oxygen atoms in total. The van der Waals surface area contributed by atoms with Gasteiger partial charge in [-0.05, 0) is 30.5 Å². The molecule has 2 heterocycles. The molecular weight excluding hydrogens is 340 g/mol. The van der Waals surface area contributed by atoms with Gasteiger partial charge in [0.15, 0.2) is 11.5 Å². The van der Waals surface area contributed by atoms with E-state index in [1.54, 1.807) is 12.1 Å². The number of rotatable bonds is 3. The van der Waals surface area contributed by atoms with Gasteiger partial charge >= 0.3 is 0 Å². The Morgan fingerprint density at radius 3 is 2.52 bits per heavy atom. The van der Waals surface area contributed by atoms with Crippen molar-refractivity contribution < 1.29 is 9.84 Å². The third-order valence-corrected chi connectivity index (χ3v) is 5.57. The number of piperazine rings is 1. The highest BCUT2D eigenvalue weighted by molar-refractivity contribution is 6.28. The molecule has 7 heteroatoms. The van der Waals surface area contributed by atoms with Gasteiger partial charge in [-0.1, -0.05) is 12.8 Å². The molecule has 0 radical (unpaired) electrons. The lowest BCUT2D eigenvalue weighted by Crippen LogP contribution is -2.50. The van der Waals surface area contributed by atoms with Gasteiger partial charge in [0.2, 0.25) is 5.28 Å². The number of phenolic OH excluding ortho intramolecular Hbond substituents is 1. The number of hydrogen-bond donors (Lipinski definition) is 1. The lowest BCUT2D eigenvalue weighted by atomic mass is 10.1. The number of halogens is 1. The van der Waals surface area contributed by atoms with Crippen LogP contribution in [0.25, 0.3) is 10.9 Å². The fourth-order valence-corrected chi connectivity index (χ4v) is 4.24. The molecule has 1 aromatic carbocycles. The molecule has 0 amide bonds. The number of hydrogen-bond acceptors (Lipinski definition) is 6. The molecule has 25 heavy (non-hydrogen) atoms. The van der Waals surface area contributed by atoms with Crippen LogP contribution in [0, 0.1) is 0 Å². The van der Waals surface area contributed by atoms with E-state index < -0.39 is 0 Å². The summed E-state index contributed by atoms with van der Waals surface area (Å²) in [4.78, 5) is 13.6. The van der Waals surface area contributed by atoms with E-state index in [1.807, 2.05) is 0 Å². The molecule has 134 valence electrons. The van der Waals surface area contributed by atoms with E-state index in [1.165, 1.54) is 32.8 Å². The number of methoxy groups -OCH3 is 1. The fraction of sp³-hybridized carbons (Fsp3) is 0.556.